The van der Waals surface area contributed by atoms with Gasteiger partial charge in [0, 0.05) is 0 Å². The number of rotatable bonds is 0. The van der Waals surface area contributed by atoms with Gasteiger partial charge in [0.2, 0.25) is 0 Å². The zero-order valence-electron chi connectivity index (χ0n) is 5.72. The Labute approximate surface area is 99.7 Å². The number of hydrogen-bond donors (Lipinski definition) is 6. The summed E-state index contributed by atoms with van der Waals surface area (Å²) in [7, 11) is -4.67. The molecule has 0 aromatic rings. The molecule has 0 aliphatic heterocycles. The van der Waals surface area contributed by atoms with E-state index in [2.05, 4.69) is 0 Å². The van der Waals surface area contributed by atoms with Crippen molar-refractivity contribution in [3.63, 3.8) is 0 Å². The zero-order valence-corrected chi connectivity index (χ0v) is 6.54. The van der Waals surface area contributed by atoms with E-state index in [0.29, 0.717) is 0 Å². The zero-order chi connectivity index (χ0) is 11.7. The summed E-state index contributed by atoms with van der Waals surface area (Å²) in [5, 5.41) is 27.9. The number of carboxylic acid groups (broad SMARTS) is 4. The first kappa shape index (κ1) is 23.3. The second-order valence-electron chi connectivity index (χ2n) is 1.01. The molecule has 0 atom stereocenters. The van der Waals surface area contributed by atoms with Crippen molar-refractivity contribution in [2.24, 2.45) is 0 Å². The number of hydrogen-bond acceptors (Lipinski definition) is 4. The SMILES string of the molecule is O=C(O)O.O=C(O)O.O=S(=O)(O)O.[NaH]. The molecule has 0 unspecified atom stereocenters. The molecule has 0 aliphatic carbocycles. The summed E-state index contributed by atoms with van der Waals surface area (Å²) in [6, 6.07) is 0. The molecule has 0 fully saturated rings. The van der Waals surface area contributed by atoms with Crippen molar-refractivity contribution < 1.29 is 47.5 Å². The Morgan fingerprint density at radius 2 is 0.786 bits per heavy atom. The maximum absolute atomic E-state index is 8.74. The van der Waals surface area contributed by atoms with Crippen molar-refractivity contribution in [1.82, 2.24) is 0 Å². The molecule has 6 N–H and O–H groups in total. The summed E-state index contributed by atoms with van der Waals surface area (Å²) < 4.78 is 31.6. The summed E-state index contributed by atoms with van der Waals surface area (Å²) in [6.45, 7) is 0. The fraction of sp³-hybridized carbons (Fsp3) is 0. The van der Waals surface area contributed by atoms with Gasteiger partial charge in [-0.15, -0.1) is 0 Å². The summed E-state index contributed by atoms with van der Waals surface area (Å²) in [6.07, 6.45) is -3.67. The van der Waals surface area contributed by atoms with Crippen LogP contribution in [0.25, 0.3) is 0 Å². The quantitative estimate of drug-likeness (QED) is 0.231. The van der Waals surface area contributed by atoms with Gasteiger partial charge in [-0.3, -0.25) is 9.11 Å². The van der Waals surface area contributed by atoms with Crippen molar-refractivity contribution in [2.45, 2.75) is 0 Å². The van der Waals surface area contributed by atoms with Crippen molar-refractivity contribution in [2.75, 3.05) is 0 Å². The van der Waals surface area contributed by atoms with Crippen LogP contribution in [0.3, 0.4) is 0 Å². The predicted octanol–water partition coefficient (Wildman–Crippen LogP) is -0.856. The Hall–Kier alpha value is -0.590. The molecule has 0 radical (unpaired) electrons. The van der Waals surface area contributed by atoms with E-state index in [4.69, 9.17) is 47.5 Å². The van der Waals surface area contributed by atoms with E-state index < -0.39 is 22.7 Å². The van der Waals surface area contributed by atoms with Gasteiger partial charge >= 0.3 is 52.3 Å². The molecule has 0 aromatic heterocycles. The minimum atomic E-state index is -4.67. The van der Waals surface area contributed by atoms with E-state index >= 15 is 0 Å². The molecule has 0 saturated carbocycles. The van der Waals surface area contributed by atoms with Crippen LogP contribution in [0.1, 0.15) is 0 Å². The summed E-state index contributed by atoms with van der Waals surface area (Å²) in [5.74, 6) is 0. The molecule has 0 amide bonds. The summed E-state index contributed by atoms with van der Waals surface area (Å²) in [4.78, 5) is 17.1. The topological polar surface area (TPSA) is 190 Å². The van der Waals surface area contributed by atoms with Gasteiger partial charge in [-0.05, 0) is 0 Å². The van der Waals surface area contributed by atoms with Crippen LogP contribution in [0.4, 0.5) is 9.59 Å². The van der Waals surface area contributed by atoms with Gasteiger partial charge in [0.1, 0.15) is 0 Å². The fourth-order valence-electron chi connectivity index (χ4n) is 0. The van der Waals surface area contributed by atoms with Crippen molar-refractivity contribution in [3.05, 3.63) is 0 Å². The Morgan fingerprint density at radius 3 is 0.786 bits per heavy atom. The third kappa shape index (κ3) is 3550. The second-order valence-corrected chi connectivity index (χ2v) is 1.91. The molecule has 0 rings (SSSR count). The molecule has 0 heterocycles. The van der Waals surface area contributed by atoms with Crippen LogP contribution in [0.5, 0.6) is 0 Å². The molecule has 12 heteroatoms. The van der Waals surface area contributed by atoms with Gasteiger partial charge in [-0.1, -0.05) is 0 Å². The number of carbonyl (C=O) groups is 2. The molecule has 0 saturated heterocycles. The van der Waals surface area contributed by atoms with Gasteiger partial charge in [-0.25, -0.2) is 9.59 Å². The Bertz CT molecular complexity index is 213. The molecule has 14 heavy (non-hydrogen) atoms. The summed E-state index contributed by atoms with van der Waals surface area (Å²) >= 11 is 0. The average molecular weight is 246 g/mol. The normalized spacial score (nSPS) is 7.57. The summed E-state index contributed by atoms with van der Waals surface area (Å²) in [5.41, 5.74) is 0. The molecule has 0 aliphatic rings. The Morgan fingerprint density at radius 1 is 0.786 bits per heavy atom. The van der Waals surface area contributed by atoms with Gasteiger partial charge in [-0.2, -0.15) is 8.42 Å². The average Bonchev–Trinajstić information content (AvgIpc) is 1.50. The van der Waals surface area contributed by atoms with E-state index in [0.717, 1.165) is 0 Å². The van der Waals surface area contributed by atoms with E-state index in [1.807, 2.05) is 0 Å². The predicted molar refractivity (Wildman–Crippen MR) is 42.6 cm³/mol. The van der Waals surface area contributed by atoms with Gasteiger partial charge < -0.3 is 20.4 Å². The van der Waals surface area contributed by atoms with Crippen LogP contribution in [0.15, 0.2) is 0 Å². The third-order valence-corrected chi connectivity index (χ3v) is 0. The van der Waals surface area contributed by atoms with Gasteiger partial charge in [0.05, 0.1) is 0 Å². The van der Waals surface area contributed by atoms with Crippen LogP contribution in [0.2, 0.25) is 0 Å². The van der Waals surface area contributed by atoms with Crippen molar-refractivity contribution >= 4 is 52.3 Å². The van der Waals surface area contributed by atoms with Crippen molar-refractivity contribution in [3.8, 4) is 0 Å². The first-order valence-electron chi connectivity index (χ1n) is 2.00. The molecule has 0 spiro atoms. The standard InChI is InChI=1S/2CH2O3.Na.H2O4S.H/c2*2-1(3)4;;1-5(2,3)4;/h2*(H2,2,3,4);;(H2,1,2,3,4);. The molecular formula is C2H7NaO10S. The molecule has 0 bridgehead atoms. The molecule has 10 nitrogen and oxygen atoms in total. The fourth-order valence-corrected chi connectivity index (χ4v) is 0. The van der Waals surface area contributed by atoms with E-state index in [1.165, 1.54) is 0 Å². The minimum absolute atomic E-state index is 0. The molecular weight excluding hydrogens is 239 g/mol. The van der Waals surface area contributed by atoms with Gasteiger partial charge in [0.25, 0.3) is 0 Å². The van der Waals surface area contributed by atoms with Gasteiger partial charge in [0.15, 0.2) is 0 Å². The maximum atomic E-state index is 8.74. The van der Waals surface area contributed by atoms with Crippen molar-refractivity contribution in [1.29, 1.82) is 0 Å². The first-order chi connectivity index (χ1) is 5.46. The molecule has 82 valence electrons. The monoisotopic (exact) mass is 246 g/mol. The van der Waals surface area contributed by atoms with E-state index in [-0.39, 0.29) is 29.6 Å². The van der Waals surface area contributed by atoms with E-state index in [9.17, 15) is 0 Å². The first-order valence-corrected chi connectivity index (χ1v) is 3.40. The Kier molecular flexibility index (Phi) is 20.7. The van der Waals surface area contributed by atoms with Crippen LogP contribution >= 0.6 is 0 Å². The second kappa shape index (κ2) is 12.4. The van der Waals surface area contributed by atoms with Crippen LogP contribution < -0.4 is 0 Å². The van der Waals surface area contributed by atoms with Crippen LogP contribution in [-0.4, -0.2) is 79.8 Å². The molecule has 0 aromatic carbocycles. The Balaban J connectivity index is -0.0000000522. The van der Waals surface area contributed by atoms with E-state index in [1.54, 1.807) is 0 Å². The third-order valence-electron chi connectivity index (χ3n) is 0. The van der Waals surface area contributed by atoms with Crippen LogP contribution in [0, 0.1) is 0 Å². The van der Waals surface area contributed by atoms with Crippen LogP contribution in [-0.2, 0) is 10.4 Å².